The molecule has 0 aliphatic heterocycles. The van der Waals surface area contributed by atoms with Gasteiger partial charge in [0, 0.05) is 5.56 Å². The molecule has 0 atom stereocenters. The van der Waals surface area contributed by atoms with Crippen molar-refractivity contribution in [1.82, 2.24) is 9.97 Å². The molecule has 0 amide bonds. The van der Waals surface area contributed by atoms with Crippen LogP contribution in [0.2, 0.25) is 0 Å². The van der Waals surface area contributed by atoms with Crippen molar-refractivity contribution in [3.05, 3.63) is 66.4 Å². The summed E-state index contributed by atoms with van der Waals surface area (Å²) >= 11 is 0. The number of imidazole rings is 1. The van der Waals surface area contributed by atoms with Gasteiger partial charge in [0.25, 0.3) is 6.47 Å². The van der Waals surface area contributed by atoms with E-state index < -0.39 is 0 Å². The fraction of sp³-hybridized carbons (Fsp3) is 0.0588. The lowest BCUT2D eigenvalue weighted by molar-refractivity contribution is -0.120. The number of hydrogen-bond acceptors (Lipinski definition) is 4. The highest BCUT2D eigenvalue weighted by Crippen LogP contribution is 2.22. The monoisotopic (exact) mass is 294 g/mol. The molecule has 0 aliphatic carbocycles. The molecule has 0 bridgehead atoms. The molecule has 1 heterocycles. The second-order valence-electron chi connectivity index (χ2n) is 4.61. The molecule has 5 nitrogen and oxygen atoms in total. The number of H-pyrrole nitrogens is 1. The highest BCUT2D eigenvalue weighted by molar-refractivity contribution is 5.57. The Kier molecular flexibility index (Phi) is 4.15. The van der Waals surface area contributed by atoms with Crippen LogP contribution in [0.25, 0.3) is 11.4 Å². The van der Waals surface area contributed by atoms with E-state index in [2.05, 4.69) is 9.97 Å². The minimum Gasteiger partial charge on any atom is -0.489 e. The van der Waals surface area contributed by atoms with E-state index in [-0.39, 0.29) is 0 Å². The number of benzene rings is 2. The van der Waals surface area contributed by atoms with E-state index in [1.807, 2.05) is 54.6 Å². The van der Waals surface area contributed by atoms with Crippen molar-refractivity contribution >= 4 is 6.47 Å². The standard InChI is InChI=1S/C17H14N2O3/c20-12-22-16-10-18-17(19-16)14-6-8-15(9-7-14)21-11-13-4-2-1-3-5-13/h1-10,12H,11H2,(H,18,19). The molecule has 5 heteroatoms. The summed E-state index contributed by atoms with van der Waals surface area (Å²) in [6.07, 6.45) is 1.46. The maximum absolute atomic E-state index is 10.3. The number of hydrogen-bond donors (Lipinski definition) is 1. The summed E-state index contributed by atoms with van der Waals surface area (Å²) in [5, 5.41) is 0. The molecule has 2 aromatic carbocycles. The molecule has 3 rings (SSSR count). The Balaban J connectivity index is 1.65. The molecule has 110 valence electrons. The predicted octanol–water partition coefficient (Wildman–Crippen LogP) is 3.19. The van der Waals surface area contributed by atoms with Gasteiger partial charge >= 0.3 is 0 Å². The molecule has 0 spiro atoms. The van der Waals surface area contributed by atoms with E-state index in [1.54, 1.807) is 0 Å². The number of nitrogens with zero attached hydrogens (tertiary/aromatic N) is 1. The molecule has 3 aromatic rings. The predicted molar refractivity (Wildman–Crippen MR) is 81.5 cm³/mol. The molecule has 0 unspecified atom stereocenters. The Bertz CT molecular complexity index is 736. The van der Waals surface area contributed by atoms with Gasteiger partial charge in [0.05, 0.1) is 6.20 Å². The van der Waals surface area contributed by atoms with E-state index >= 15 is 0 Å². The summed E-state index contributed by atoms with van der Waals surface area (Å²) in [5.74, 6) is 1.73. The van der Waals surface area contributed by atoms with Crippen LogP contribution in [0.5, 0.6) is 11.6 Å². The smallest absolute Gasteiger partial charge is 0.299 e. The number of aromatic nitrogens is 2. The highest BCUT2D eigenvalue weighted by atomic mass is 16.5. The summed E-state index contributed by atoms with van der Waals surface area (Å²) in [5.41, 5.74) is 2.00. The van der Waals surface area contributed by atoms with Crippen LogP contribution in [0.1, 0.15) is 5.56 Å². The van der Waals surface area contributed by atoms with Gasteiger partial charge in [-0.3, -0.25) is 4.79 Å². The lowest BCUT2D eigenvalue weighted by Crippen LogP contribution is -1.94. The number of rotatable bonds is 6. The van der Waals surface area contributed by atoms with Gasteiger partial charge in [-0.15, -0.1) is 0 Å². The third kappa shape index (κ3) is 3.32. The lowest BCUT2D eigenvalue weighted by atomic mass is 10.2. The van der Waals surface area contributed by atoms with Gasteiger partial charge in [0.2, 0.25) is 5.88 Å². The number of carbonyl (C=O) groups excluding carboxylic acids is 1. The third-order valence-corrected chi connectivity index (χ3v) is 3.10. The molecule has 1 aromatic heterocycles. The zero-order valence-corrected chi connectivity index (χ0v) is 11.7. The molecular formula is C17H14N2O3. The van der Waals surface area contributed by atoms with Crippen LogP contribution in [0.4, 0.5) is 0 Å². The molecule has 0 saturated carbocycles. The van der Waals surface area contributed by atoms with Gasteiger partial charge in [-0.1, -0.05) is 30.3 Å². The zero-order chi connectivity index (χ0) is 15.2. The average molecular weight is 294 g/mol. The Morgan fingerprint density at radius 1 is 1.05 bits per heavy atom. The molecule has 0 aliphatic rings. The number of carbonyl (C=O) groups is 1. The topological polar surface area (TPSA) is 64.2 Å². The minimum atomic E-state index is 0.314. The van der Waals surface area contributed by atoms with Gasteiger partial charge < -0.3 is 14.5 Å². The highest BCUT2D eigenvalue weighted by Gasteiger charge is 2.04. The fourth-order valence-electron chi connectivity index (χ4n) is 2.01. The molecular weight excluding hydrogens is 280 g/mol. The van der Waals surface area contributed by atoms with Crippen LogP contribution >= 0.6 is 0 Å². The third-order valence-electron chi connectivity index (χ3n) is 3.10. The van der Waals surface area contributed by atoms with E-state index in [0.29, 0.717) is 24.8 Å². The van der Waals surface area contributed by atoms with Crippen molar-refractivity contribution in [2.75, 3.05) is 0 Å². The molecule has 1 N–H and O–H groups in total. The van der Waals surface area contributed by atoms with E-state index in [1.165, 1.54) is 6.20 Å². The second-order valence-corrected chi connectivity index (χ2v) is 4.61. The van der Waals surface area contributed by atoms with Crippen molar-refractivity contribution < 1.29 is 14.3 Å². The summed E-state index contributed by atoms with van der Waals surface area (Å²) in [6, 6.07) is 17.5. The summed E-state index contributed by atoms with van der Waals surface area (Å²) in [7, 11) is 0. The van der Waals surface area contributed by atoms with Crippen molar-refractivity contribution in [1.29, 1.82) is 0 Å². The molecule has 0 saturated heterocycles. The summed E-state index contributed by atoms with van der Waals surface area (Å²) in [4.78, 5) is 17.3. The number of aromatic amines is 1. The van der Waals surface area contributed by atoms with Gasteiger partial charge in [0.15, 0.2) is 0 Å². The van der Waals surface area contributed by atoms with E-state index in [4.69, 9.17) is 9.47 Å². The number of nitrogens with one attached hydrogen (secondary N) is 1. The maximum Gasteiger partial charge on any atom is 0.299 e. The van der Waals surface area contributed by atoms with Crippen LogP contribution < -0.4 is 9.47 Å². The first-order valence-corrected chi connectivity index (χ1v) is 6.77. The van der Waals surface area contributed by atoms with Crippen molar-refractivity contribution in [3.8, 4) is 23.0 Å². The quantitative estimate of drug-likeness (QED) is 0.709. The van der Waals surface area contributed by atoms with Crippen LogP contribution in [0, 0.1) is 0 Å². The largest absolute Gasteiger partial charge is 0.489 e. The Morgan fingerprint density at radius 2 is 1.82 bits per heavy atom. The first-order chi connectivity index (χ1) is 10.8. The zero-order valence-electron chi connectivity index (χ0n) is 11.7. The molecule has 0 fully saturated rings. The summed E-state index contributed by atoms with van der Waals surface area (Å²) < 4.78 is 10.4. The minimum absolute atomic E-state index is 0.314. The SMILES string of the molecule is O=COc1cnc(-c2ccc(OCc3ccccc3)cc2)[nH]1. The van der Waals surface area contributed by atoms with Gasteiger partial charge in [-0.2, -0.15) is 0 Å². The van der Waals surface area contributed by atoms with Crippen molar-refractivity contribution in [2.45, 2.75) is 6.61 Å². The Labute approximate surface area is 127 Å². The van der Waals surface area contributed by atoms with Crippen LogP contribution in [0.3, 0.4) is 0 Å². The lowest BCUT2D eigenvalue weighted by Gasteiger charge is -2.06. The first-order valence-electron chi connectivity index (χ1n) is 6.77. The Morgan fingerprint density at radius 3 is 2.55 bits per heavy atom. The maximum atomic E-state index is 10.3. The fourth-order valence-corrected chi connectivity index (χ4v) is 2.01. The van der Waals surface area contributed by atoms with Crippen molar-refractivity contribution in [3.63, 3.8) is 0 Å². The van der Waals surface area contributed by atoms with Crippen LogP contribution in [-0.2, 0) is 11.4 Å². The van der Waals surface area contributed by atoms with E-state index in [0.717, 1.165) is 16.9 Å². The first kappa shape index (κ1) is 13.9. The summed E-state index contributed by atoms with van der Waals surface area (Å²) in [6.45, 7) is 0.885. The Hall–Kier alpha value is -3.08. The van der Waals surface area contributed by atoms with Gasteiger partial charge in [0.1, 0.15) is 18.2 Å². The van der Waals surface area contributed by atoms with Crippen molar-refractivity contribution in [2.24, 2.45) is 0 Å². The van der Waals surface area contributed by atoms with Gasteiger partial charge in [-0.25, -0.2) is 4.98 Å². The van der Waals surface area contributed by atoms with E-state index in [9.17, 15) is 4.79 Å². The molecule has 0 radical (unpaired) electrons. The number of ether oxygens (including phenoxy) is 2. The normalized spacial score (nSPS) is 10.2. The molecule has 22 heavy (non-hydrogen) atoms. The average Bonchev–Trinajstić information content (AvgIpc) is 3.03. The van der Waals surface area contributed by atoms with Gasteiger partial charge in [-0.05, 0) is 29.8 Å². The second kappa shape index (κ2) is 6.58. The van der Waals surface area contributed by atoms with Crippen LogP contribution in [0.15, 0.2) is 60.8 Å². The van der Waals surface area contributed by atoms with Crippen LogP contribution in [-0.4, -0.2) is 16.4 Å².